The van der Waals surface area contributed by atoms with Gasteiger partial charge in [-0.1, -0.05) is 103 Å². The number of carbonyl (C=O) groups is 3. The number of morpholine rings is 1. The van der Waals surface area contributed by atoms with Crippen molar-refractivity contribution >= 4 is 35.4 Å². The molecule has 1 aliphatic heterocycles. The zero-order chi connectivity index (χ0) is 39.9. The molecule has 0 radical (unpaired) electrons. The molecule has 5 rings (SSSR count). The molecular weight excluding hydrogens is 753 g/mol. The monoisotopic (exact) mass is 796 g/mol. The van der Waals surface area contributed by atoms with Crippen molar-refractivity contribution in [3.63, 3.8) is 0 Å². The third kappa shape index (κ3) is 13.0. The van der Waals surface area contributed by atoms with Crippen molar-refractivity contribution in [1.82, 2.24) is 16.0 Å². The third-order valence-electron chi connectivity index (χ3n) is 9.12. The van der Waals surface area contributed by atoms with Gasteiger partial charge >= 0.3 is 18.4 Å². The number of benzene rings is 4. The molecule has 3 amide bonds. The van der Waals surface area contributed by atoms with E-state index in [0.29, 0.717) is 30.1 Å². The second-order valence-corrected chi connectivity index (χ2v) is 13.6. The topological polar surface area (TPSA) is 136 Å². The molecule has 1 unspecified atom stereocenters. The van der Waals surface area contributed by atoms with E-state index < -0.39 is 54.9 Å². The molecule has 298 valence electrons. The van der Waals surface area contributed by atoms with Crippen LogP contribution in [0.2, 0.25) is 5.02 Å². The first-order valence-corrected chi connectivity index (χ1v) is 18.4. The van der Waals surface area contributed by atoms with E-state index in [0.717, 1.165) is 22.3 Å². The number of hydrogen-bond donors (Lipinski definition) is 4. The summed E-state index contributed by atoms with van der Waals surface area (Å²) in [5, 5.41) is 11.4. The summed E-state index contributed by atoms with van der Waals surface area (Å²) in [5.41, 5.74) is 3.89. The molecule has 4 N–H and O–H groups in total. The van der Waals surface area contributed by atoms with Crippen LogP contribution >= 0.6 is 11.6 Å². The smallest absolute Gasteiger partial charge is 0.407 e. The van der Waals surface area contributed by atoms with Crippen LogP contribution in [-0.2, 0) is 36.8 Å². The van der Waals surface area contributed by atoms with E-state index in [1.54, 1.807) is 29.6 Å². The Morgan fingerprint density at radius 1 is 0.875 bits per heavy atom. The maximum Gasteiger partial charge on any atom is 0.407 e. The zero-order valence-corrected chi connectivity index (χ0v) is 31.4. The molecule has 1 aliphatic rings. The van der Waals surface area contributed by atoms with Crippen LogP contribution in [0.25, 0.3) is 0 Å². The Kier molecular flexibility index (Phi) is 15.5. The Labute approximate surface area is 328 Å². The van der Waals surface area contributed by atoms with Crippen molar-refractivity contribution < 1.29 is 46.5 Å². The first-order valence-electron chi connectivity index (χ1n) is 18.0. The Morgan fingerprint density at radius 3 is 2.16 bits per heavy atom. The number of para-hydroxylation sites is 1. The van der Waals surface area contributed by atoms with Gasteiger partial charge in [-0.25, -0.2) is 9.59 Å². The van der Waals surface area contributed by atoms with Gasteiger partial charge in [0.15, 0.2) is 0 Å². The Hall–Kier alpha value is -5.15. The highest BCUT2D eigenvalue weighted by molar-refractivity contribution is 6.30. The van der Waals surface area contributed by atoms with Gasteiger partial charge in [0.25, 0.3) is 0 Å². The number of alkyl halides is 3. The van der Waals surface area contributed by atoms with E-state index in [1.165, 1.54) is 7.11 Å². The van der Waals surface area contributed by atoms with E-state index in [2.05, 4.69) is 16.0 Å². The number of methoxy groups -OCH3 is 1. The summed E-state index contributed by atoms with van der Waals surface area (Å²) in [6, 6.07) is 31.7. The number of carbonyl (C=O) groups excluding carboxylic acids is 3. The van der Waals surface area contributed by atoms with E-state index >= 15 is 0 Å². The predicted molar refractivity (Wildman–Crippen MR) is 204 cm³/mol. The van der Waals surface area contributed by atoms with Crippen LogP contribution in [0.4, 0.5) is 28.4 Å². The molecule has 1 heterocycles. The van der Waals surface area contributed by atoms with Crippen molar-refractivity contribution in [3.8, 4) is 0 Å². The minimum atomic E-state index is -4.58. The molecule has 1 fully saturated rings. The van der Waals surface area contributed by atoms with Crippen LogP contribution in [0.15, 0.2) is 109 Å². The molecule has 0 spiro atoms. The molecule has 0 saturated carbocycles. The van der Waals surface area contributed by atoms with Crippen molar-refractivity contribution in [2.24, 2.45) is 0 Å². The SMILES string of the molecule is COC(=O)NC(C(=O)Nc1ccccc1CC[C@@H]1CN[C@H](COC(=O)NCC(F)(F)F)[C@@H](COCc2ccc(Cl)cc2)O1)C(c1ccccc1)c1ccccc1. The molecule has 0 aromatic heterocycles. The standard InChI is InChI=1S/C41H44ClF3N4O7/c1-53-40(52)49-37(36(29-11-4-2-5-12-29)30-13-6-3-7-14-30)38(50)48-33-15-9-8-10-28(33)18-21-32-22-46-34(24-55-39(51)47-26-41(43,44)45)35(56-32)25-54-23-27-16-19-31(42)20-17-27/h2-17,19-20,32,34-37,46H,18,21-26H2,1H3,(H,47,51)(H,48,50)(H,49,52)/t32-,34-,35-,37?/m1/s1. The van der Waals surface area contributed by atoms with Crippen LogP contribution < -0.4 is 21.3 Å². The first kappa shape index (κ1) is 42.0. The summed E-state index contributed by atoms with van der Waals surface area (Å²) in [6.45, 7) is -1.08. The average molecular weight is 797 g/mol. The fourth-order valence-corrected chi connectivity index (χ4v) is 6.46. The van der Waals surface area contributed by atoms with Crippen molar-refractivity contribution in [2.45, 2.75) is 55.8 Å². The molecule has 15 heteroatoms. The van der Waals surface area contributed by atoms with Gasteiger partial charge in [0, 0.05) is 23.2 Å². The molecule has 56 heavy (non-hydrogen) atoms. The van der Waals surface area contributed by atoms with Crippen LogP contribution in [0.3, 0.4) is 0 Å². The van der Waals surface area contributed by atoms with Gasteiger partial charge in [-0.15, -0.1) is 0 Å². The predicted octanol–water partition coefficient (Wildman–Crippen LogP) is 7.00. The highest BCUT2D eigenvalue weighted by Crippen LogP contribution is 2.30. The van der Waals surface area contributed by atoms with Crippen LogP contribution in [0.5, 0.6) is 0 Å². The van der Waals surface area contributed by atoms with Gasteiger partial charge in [0.2, 0.25) is 5.91 Å². The maximum absolute atomic E-state index is 14.2. The van der Waals surface area contributed by atoms with Crippen LogP contribution in [0.1, 0.15) is 34.6 Å². The lowest BCUT2D eigenvalue weighted by Gasteiger charge is -2.37. The van der Waals surface area contributed by atoms with E-state index in [4.69, 9.17) is 30.5 Å². The van der Waals surface area contributed by atoms with Gasteiger partial charge in [0.05, 0.1) is 38.6 Å². The van der Waals surface area contributed by atoms with E-state index in [9.17, 15) is 27.6 Å². The van der Waals surface area contributed by atoms with Gasteiger partial charge in [-0.05, 0) is 53.3 Å². The number of hydrogen-bond acceptors (Lipinski definition) is 8. The summed E-state index contributed by atoms with van der Waals surface area (Å²) in [7, 11) is 1.24. The van der Waals surface area contributed by atoms with Crippen molar-refractivity contribution in [2.75, 3.05) is 38.7 Å². The average Bonchev–Trinajstić information content (AvgIpc) is 3.20. The van der Waals surface area contributed by atoms with Gasteiger partial charge in [-0.2, -0.15) is 13.2 Å². The number of ether oxygens (including phenoxy) is 4. The fourth-order valence-electron chi connectivity index (χ4n) is 6.33. The Morgan fingerprint density at radius 2 is 1.52 bits per heavy atom. The normalized spacial score (nSPS) is 17.4. The Balaban J connectivity index is 1.26. The summed E-state index contributed by atoms with van der Waals surface area (Å²) in [5.74, 6) is -0.993. The second-order valence-electron chi connectivity index (χ2n) is 13.1. The molecule has 1 saturated heterocycles. The maximum atomic E-state index is 14.2. The molecule has 4 aromatic rings. The van der Waals surface area contributed by atoms with Crippen LogP contribution in [-0.4, -0.2) is 82.0 Å². The fraction of sp³-hybridized carbons (Fsp3) is 0.341. The minimum absolute atomic E-state index is 0.0928. The lowest BCUT2D eigenvalue weighted by Crippen LogP contribution is -2.56. The summed E-state index contributed by atoms with van der Waals surface area (Å²) < 4.78 is 60.1. The molecule has 4 atom stereocenters. The zero-order valence-electron chi connectivity index (χ0n) is 30.6. The number of rotatable bonds is 16. The van der Waals surface area contributed by atoms with Crippen molar-refractivity contribution in [1.29, 1.82) is 0 Å². The third-order valence-corrected chi connectivity index (χ3v) is 9.37. The van der Waals surface area contributed by atoms with Gasteiger partial charge in [0.1, 0.15) is 19.2 Å². The number of alkyl carbamates (subject to hydrolysis) is 2. The minimum Gasteiger partial charge on any atom is -0.453 e. The second kappa shape index (κ2) is 20.7. The number of nitrogens with one attached hydrogen (secondary N) is 4. The summed E-state index contributed by atoms with van der Waals surface area (Å²) in [6.07, 6.45) is -6.50. The van der Waals surface area contributed by atoms with E-state index in [1.807, 2.05) is 84.9 Å². The molecule has 0 aliphatic carbocycles. The highest BCUT2D eigenvalue weighted by atomic mass is 35.5. The molecular formula is C41H44ClF3N4O7. The molecule has 0 bridgehead atoms. The summed E-state index contributed by atoms with van der Waals surface area (Å²) >= 11 is 6.00. The van der Waals surface area contributed by atoms with Crippen LogP contribution in [0, 0.1) is 0 Å². The molecule has 4 aromatic carbocycles. The van der Waals surface area contributed by atoms with Crippen molar-refractivity contribution in [3.05, 3.63) is 136 Å². The number of anilines is 1. The highest BCUT2D eigenvalue weighted by Gasteiger charge is 2.35. The first-order chi connectivity index (χ1) is 27.0. The number of aryl methyl sites for hydroxylation is 1. The molecule has 11 nitrogen and oxygen atoms in total. The lowest BCUT2D eigenvalue weighted by molar-refractivity contribution is -0.125. The number of amides is 3. The van der Waals surface area contributed by atoms with Gasteiger partial charge < -0.3 is 40.2 Å². The lowest BCUT2D eigenvalue weighted by atomic mass is 9.84. The quantitative estimate of drug-likeness (QED) is 0.0953. The summed E-state index contributed by atoms with van der Waals surface area (Å²) in [4.78, 5) is 38.8. The largest absolute Gasteiger partial charge is 0.453 e. The number of halogens is 4. The Bertz CT molecular complexity index is 1820. The van der Waals surface area contributed by atoms with Gasteiger partial charge in [-0.3, -0.25) is 4.79 Å². The van der Waals surface area contributed by atoms with E-state index in [-0.39, 0.29) is 25.9 Å².